The van der Waals surface area contributed by atoms with Crippen molar-refractivity contribution in [3.05, 3.63) is 47.5 Å². The molecule has 1 N–H and O–H groups in total. The Morgan fingerprint density at radius 1 is 1.04 bits per heavy atom. The van der Waals surface area contributed by atoms with Crippen LogP contribution in [0.3, 0.4) is 0 Å². The van der Waals surface area contributed by atoms with Crippen LogP contribution in [0.15, 0.2) is 41.3 Å². The highest BCUT2D eigenvalue weighted by atomic mass is 32.2. The Morgan fingerprint density at radius 3 is 2.52 bits per heavy atom. The van der Waals surface area contributed by atoms with Crippen LogP contribution in [0, 0.1) is 6.92 Å². The molecule has 2 aromatic carbocycles. The summed E-state index contributed by atoms with van der Waals surface area (Å²) in [6.45, 7) is 2.96. The van der Waals surface area contributed by atoms with E-state index in [4.69, 9.17) is 4.74 Å². The van der Waals surface area contributed by atoms with Crippen molar-refractivity contribution in [1.82, 2.24) is 4.31 Å². The summed E-state index contributed by atoms with van der Waals surface area (Å²) in [5, 5.41) is 2.80. The summed E-state index contributed by atoms with van der Waals surface area (Å²) in [7, 11) is -3.58. The number of carbonyl (C=O) groups is 1. The fraction of sp³-hybridized carbons (Fsp3) is 0.278. The molecule has 2 heterocycles. The molecule has 1 fully saturated rings. The number of sulfonamides is 1. The van der Waals surface area contributed by atoms with Gasteiger partial charge in [-0.05, 0) is 55.7 Å². The zero-order valence-corrected chi connectivity index (χ0v) is 14.6. The van der Waals surface area contributed by atoms with E-state index in [9.17, 15) is 13.2 Å². The maximum absolute atomic E-state index is 12.7. The number of hydrogen-bond acceptors (Lipinski definition) is 4. The van der Waals surface area contributed by atoms with E-state index >= 15 is 0 Å². The predicted octanol–water partition coefficient (Wildman–Crippen LogP) is 3.14. The molecule has 0 atom stereocenters. The number of fused-ring (bicyclic) bond motifs is 2. The van der Waals surface area contributed by atoms with Crippen LogP contribution in [0.1, 0.15) is 28.8 Å². The summed E-state index contributed by atoms with van der Waals surface area (Å²) in [5.41, 5.74) is 1.78. The second kappa shape index (κ2) is 5.86. The normalized spacial score (nSPS) is 17.2. The number of nitrogens with zero attached hydrogens (tertiary/aromatic N) is 1. The molecular weight excluding hydrogens is 340 g/mol. The van der Waals surface area contributed by atoms with Gasteiger partial charge in [-0.1, -0.05) is 6.07 Å². The fourth-order valence-corrected chi connectivity index (χ4v) is 4.70. The Balaban J connectivity index is 1.76. The first-order valence-electron chi connectivity index (χ1n) is 8.19. The number of rotatable bonds is 2. The molecule has 0 aliphatic carbocycles. The van der Waals surface area contributed by atoms with Gasteiger partial charge in [0.1, 0.15) is 5.75 Å². The van der Waals surface area contributed by atoms with Gasteiger partial charge in [0.15, 0.2) is 5.75 Å². The van der Waals surface area contributed by atoms with Gasteiger partial charge in [-0.25, -0.2) is 8.42 Å². The van der Waals surface area contributed by atoms with E-state index in [-0.39, 0.29) is 16.4 Å². The van der Waals surface area contributed by atoms with Crippen molar-refractivity contribution in [2.75, 3.05) is 18.4 Å². The highest BCUT2D eigenvalue weighted by Gasteiger charge is 2.29. The second-order valence-corrected chi connectivity index (χ2v) is 8.26. The Kier molecular flexibility index (Phi) is 3.77. The SMILES string of the molecule is Cc1ccc2c(c1)NC(=O)c1cc(S(=O)(=O)N3CCCC3)ccc1O2. The lowest BCUT2D eigenvalue weighted by Crippen LogP contribution is -2.28. The number of amides is 1. The average Bonchev–Trinajstić information content (AvgIpc) is 3.08. The largest absolute Gasteiger partial charge is 0.454 e. The van der Waals surface area contributed by atoms with Crippen LogP contribution < -0.4 is 10.1 Å². The molecule has 2 aromatic rings. The Hall–Kier alpha value is -2.38. The fourth-order valence-electron chi connectivity index (χ4n) is 3.15. The molecule has 130 valence electrons. The van der Waals surface area contributed by atoms with E-state index in [1.54, 1.807) is 12.1 Å². The molecule has 0 aromatic heterocycles. The molecule has 0 spiro atoms. The number of benzene rings is 2. The lowest BCUT2D eigenvalue weighted by atomic mass is 10.2. The van der Waals surface area contributed by atoms with Gasteiger partial charge >= 0.3 is 0 Å². The van der Waals surface area contributed by atoms with Crippen LogP contribution in [0.25, 0.3) is 0 Å². The van der Waals surface area contributed by atoms with E-state index in [1.165, 1.54) is 16.4 Å². The number of nitrogens with one attached hydrogen (secondary N) is 1. The van der Waals surface area contributed by atoms with Crippen LogP contribution in [0.2, 0.25) is 0 Å². The molecule has 1 saturated heterocycles. The first-order chi connectivity index (χ1) is 11.9. The van der Waals surface area contributed by atoms with Crippen molar-refractivity contribution >= 4 is 21.6 Å². The summed E-state index contributed by atoms with van der Waals surface area (Å²) >= 11 is 0. The molecule has 7 heteroatoms. The lowest BCUT2D eigenvalue weighted by molar-refractivity contribution is 0.102. The first-order valence-corrected chi connectivity index (χ1v) is 9.63. The van der Waals surface area contributed by atoms with Crippen molar-refractivity contribution in [3.63, 3.8) is 0 Å². The van der Waals surface area contributed by atoms with Crippen molar-refractivity contribution in [1.29, 1.82) is 0 Å². The highest BCUT2D eigenvalue weighted by molar-refractivity contribution is 7.89. The van der Waals surface area contributed by atoms with Crippen LogP contribution in [-0.2, 0) is 10.0 Å². The van der Waals surface area contributed by atoms with Crippen LogP contribution in [0.4, 0.5) is 5.69 Å². The third-order valence-electron chi connectivity index (χ3n) is 4.50. The third-order valence-corrected chi connectivity index (χ3v) is 6.40. The minimum absolute atomic E-state index is 0.119. The Bertz CT molecular complexity index is 963. The summed E-state index contributed by atoms with van der Waals surface area (Å²) in [6, 6.07) is 9.95. The number of ether oxygens (including phenoxy) is 1. The monoisotopic (exact) mass is 358 g/mol. The quantitative estimate of drug-likeness (QED) is 0.895. The van der Waals surface area contributed by atoms with Gasteiger partial charge in [-0.3, -0.25) is 4.79 Å². The summed E-state index contributed by atoms with van der Waals surface area (Å²) in [5.74, 6) is 0.506. The van der Waals surface area contributed by atoms with Crippen molar-refractivity contribution in [3.8, 4) is 11.5 Å². The number of aryl methyl sites for hydroxylation is 1. The predicted molar refractivity (Wildman–Crippen MR) is 93.6 cm³/mol. The Morgan fingerprint density at radius 2 is 1.76 bits per heavy atom. The molecule has 1 amide bonds. The maximum atomic E-state index is 12.7. The lowest BCUT2D eigenvalue weighted by Gasteiger charge is -2.16. The van der Waals surface area contributed by atoms with Crippen LogP contribution in [0.5, 0.6) is 11.5 Å². The molecule has 0 radical (unpaired) electrons. The number of anilines is 1. The Labute approximate surface area is 146 Å². The van der Waals surface area contributed by atoms with E-state index < -0.39 is 10.0 Å². The van der Waals surface area contributed by atoms with Gasteiger partial charge in [0.25, 0.3) is 5.91 Å². The molecule has 6 nitrogen and oxygen atoms in total. The highest BCUT2D eigenvalue weighted by Crippen LogP contribution is 2.37. The standard InChI is InChI=1S/C18H18N2O4S/c1-12-4-6-17-15(10-12)19-18(21)14-11-13(5-7-16(14)24-17)25(22,23)20-8-2-3-9-20/h4-7,10-11H,2-3,8-9H2,1H3,(H,19,21). The topological polar surface area (TPSA) is 75.7 Å². The maximum Gasteiger partial charge on any atom is 0.259 e. The van der Waals surface area contributed by atoms with Crippen molar-refractivity contribution in [2.24, 2.45) is 0 Å². The zero-order valence-electron chi connectivity index (χ0n) is 13.8. The third kappa shape index (κ3) is 2.79. The molecular formula is C18H18N2O4S. The summed E-state index contributed by atoms with van der Waals surface area (Å²) in [6.07, 6.45) is 1.73. The second-order valence-electron chi connectivity index (χ2n) is 6.32. The van der Waals surface area contributed by atoms with Gasteiger partial charge in [0.05, 0.1) is 16.1 Å². The van der Waals surface area contributed by atoms with E-state index in [0.717, 1.165) is 18.4 Å². The minimum atomic E-state index is -3.58. The molecule has 4 rings (SSSR count). The number of carbonyl (C=O) groups excluding carboxylic acids is 1. The summed E-state index contributed by atoms with van der Waals surface area (Å²) < 4.78 is 32.7. The van der Waals surface area contributed by atoms with Crippen molar-refractivity contribution < 1.29 is 17.9 Å². The average molecular weight is 358 g/mol. The van der Waals surface area contributed by atoms with E-state index in [2.05, 4.69) is 5.32 Å². The van der Waals surface area contributed by atoms with Gasteiger partial charge in [0.2, 0.25) is 10.0 Å². The molecule has 0 unspecified atom stereocenters. The molecule has 2 aliphatic rings. The van der Waals surface area contributed by atoms with E-state index in [1.807, 2.05) is 19.1 Å². The minimum Gasteiger partial charge on any atom is -0.454 e. The van der Waals surface area contributed by atoms with E-state index in [0.29, 0.717) is 30.3 Å². The molecule has 0 bridgehead atoms. The smallest absolute Gasteiger partial charge is 0.259 e. The molecule has 2 aliphatic heterocycles. The zero-order chi connectivity index (χ0) is 17.6. The van der Waals surface area contributed by atoms with Gasteiger partial charge in [-0.2, -0.15) is 4.31 Å². The van der Waals surface area contributed by atoms with Crippen LogP contribution >= 0.6 is 0 Å². The van der Waals surface area contributed by atoms with Gasteiger partial charge < -0.3 is 10.1 Å². The summed E-state index contributed by atoms with van der Waals surface area (Å²) in [4.78, 5) is 12.7. The van der Waals surface area contributed by atoms with Gasteiger partial charge in [-0.15, -0.1) is 0 Å². The number of hydrogen-bond donors (Lipinski definition) is 1. The van der Waals surface area contributed by atoms with Crippen molar-refractivity contribution in [2.45, 2.75) is 24.7 Å². The molecule has 25 heavy (non-hydrogen) atoms. The first kappa shape index (κ1) is 16.1. The van der Waals surface area contributed by atoms with Crippen LogP contribution in [-0.4, -0.2) is 31.7 Å². The van der Waals surface area contributed by atoms with Gasteiger partial charge in [0, 0.05) is 13.1 Å². The molecule has 0 saturated carbocycles.